The van der Waals surface area contributed by atoms with E-state index in [0.717, 1.165) is 18.5 Å². The number of nitrogens with one attached hydrogen (secondary N) is 1. The van der Waals surface area contributed by atoms with Crippen molar-refractivity contribution in [3.8, 4) is 0 Å². The van der Waals surface area contributed by atoms with E-state index in [-0.39, 0.29) is 22.4 Å². The van der Waals surface area contributed by atoms with E-state index in [0.29, 0.717) is 6.42 Å². The Bertz CT molecular complexity index is 559. The van der Waals surface area contributed by atoms with Gasteiger partial charge in [-0.2, -0.15) is 0 Å². The summed E-state index contributed by atoms with van der Waals surface area (Å²) in [6.45, 7) is 3.80. The second-order valence-corrected chi connectivity index (χ2v) is 6.89. The molecule has 7 heteroatoms. The standard InChI is InChI=1S/C11H16FN3O2S/c1-11(2)9(13)4-10(11)15-18(16,17)8-3-7(12)5-14-6-8/h3,5-6,9-10,15H,4,13H2,1-2H3. The SMILES string of the molecule is CC1(C)C(N)CC1NS(=O)(=O)c1cncc(F)c1. The Balaban J connectivity index is 2.19. The number of hydrogen-bond donors (Lipinski definition) is 2. The number of nitrogens with two attached hydrogens (primary N) is 1. The van der Waals surface area contributed by atoms with Gasteiger partial charge in [0.05, 0.1) is 6.20 Å². The monoisotopic (exact) mass is 273 g/mol. The zero-order valence-electron chi connectivity index (χ0n) is 10.2. The highest BCUT2D eigenvalue weighted by molar-refractivity contribution is 7.89. The van der Waals surface area contributed by atoms with Crippen LogP contribution >= 0.6 is 0 Å². The molecular weight excluding hydrogens is 257 g/mol. The van der Waals surface area contributed by atoms with Crippen molar-refractivity contribution in [3.05, 3.63) is 24.3 Å². The predicted molar refractivity (Wildman–Crippen MR) is 64.7 cm³/mol. The van der Waals surface area contributed by atoms with Crippen LogP contribution in [0, 0.1) is 11.2 Å². The Kier molecular flexibility index (Phi) is 3.16. The molecule has 0 aromatic carbocycles. The van der Waals surface area contributed by atoms with E-state index >= 15 is 0 Å². The van der Waals surface area contributed by atoms with Crippen LogP contribution in [0.2, 0.25) is 0 Å². The molecule has 0 saturated heterocycles. The molecular formula is C11H16FN3O2S. The molecule has 1 saturated carbocycles. The molecule has 1 aromatic heterocycles. The van der Waals surface area contributed by atoms with Crippen LogP contribution in [-0.4, -0.2) is 25.5 Å². The molecule has 100 valence electrons. The molecule has 1 aliphatic rings. The zero-order chi connectivity index (χ0) is 13.6. The van der Waals surface area contributed by atoms with Crippen molar-refractivity contribution in [1.82, 2.24) is 9.71 Å². The molecule has 0 bridgehead atoms. The topological polar surface area (TPSA) is 85.1 Å². The summed E-state index contributed by atoms with van der Waals surface area (Å²) in [6, 6.07) is 0.678. The van der Waals surface area contributed by atoms with Crippen molar-refractivity contribution < 1.29 is 12.8 Å². The van der Waals surface area contributed by atoms with Crippen LogP contribution in [0.25, 0.3) is 0 Å². The second-order valence-electron chi connectivity index (χ2n) is 5.18. The van der Waals surface area contributed by atoms with Crippen LogP contribution in [0.1, 0.15) is 20.3 Å². The van der Waals surface area contributed by atoms with E-state index in [9.17, 15) is 12.8 Å². The van der Waals surface area contributed by atoms with Crippen LogP contribution in [0.4, 0.5) is 4.39 Å². The van der Waals surface area contributed by atoms with Gasteiger partial charge in [0.25, 0.3) is 0 Å². The highest BCUT2D eigenvalue weighted by Gasteiger charge is 2.47. The largest absolute Gasteiger partial charge is 0.327 e. The minimum Gasteiger partial charge on any atom is -0.327 e. The number of rotatable bonds is 3. The minimum atomic E-state index is -3.75. The first kappa shape index (κ1) is 13.4. The Labute approximate surface area is 106 Å². The van der Waals surface area contributed by atoms with Crippen molar-refractivity contribution in [2.24, 2.45) is 11.1 Å². The van der Waals surface area contributed by atoms with Crippen molar-refractivity contribution in [2.75, 3.05) is 0 Å². The number of halogens is 1. The van der Waals surface area contributed by atoms with Crippen LogP contribution in [0.3, 0.4) is 0 Å². The van der Waals surface area contributed by atoms with Gasteiger partial charge in [0.1, 0.15) is 10.7 Å². The van der Waals surface area contributed by atoms with E-state index in [2.05, 4.69) is 9.71 Å². The van der Waals surface area contributed by atoms with Crippen molar-refractivity contribution in [2.45, 2.75) is 37.2 Å². The van der Waals surface area contributed by atoms with Gasteiger partial charge < -0.3 is 5.73 Å². The van der Waals surface area contributed by atoms with E-state index < -0.39 is 15.8 Å². The first-order valence-corrected chi connectivity index (χ1v) is 7.10. The fraction of sp³-hybridized carbons (Fsp3) is 0.545. The summed E-state index contributed by atoms with van der Waals surface area (Å²) < 4.78 is 39.6. The van der Waals surface area contributed by atoms with Gasteiger partial charge in [-0.1, -0.05) is 13.8 Å². The first-order valence-electron chi connectivity index (χ1n) is 5.62. The molecule has 1 aromatic rings. The average Bonchev–Trinajstić information content (AvgIpc) is 2.28. The number of pyridine rings is 1. The molecule has 0 spiro atoms. The zero-order valence-corrected chi connectivity index (χ0v) is 11.0. The maximum Gasteiger partial charge on any atom is 0.242 e. The van der Waals surface area contributed by atoms with Gasteiger partial charge in [-0.05, 0) is 17.9 Å². The number of hydrogen-bond acceptors (Lipinski definition) is 4. The van der Waals surface area contributed by atoms with E-state index in [1.807, 2.05) is 13.8 Å². The fourth-order valence-electron chi connectivity index (χ4n) is 1.95. The second kappa shape index (κ2) is 4.25. The van der Waals surface area contributed by atoms with Gasteiger partial charge in [-0.15, -0.1) is 0 Å². The lowest BCUT2D eigenvalue weighted by molar-refractivity contribution is 0.0903. The molecule has 5 nitrogen and oxygen atoms in total. The summed E-state index contributed by atoms with van der Waals surface area (Å²) in [5.41, 5.74) is 5.52. The lowest BCUT2D eigenvalue weighted by atomic mass is 9.64. The maximum atomic E-state index is 13.0. The van der Waals surface area contributed by atoms with Crippen molar-refractivity contribution >= 4 is 10.0 Å². The molecule has 1 heterocycles. The van der Waals surface area contributed by atoms with Crippen LogP contribution in [0.5, 0.6) is 0 Å². The van der Waals surface area contributed by atoms with Gasteiger partial charge in [0.2, 0.25) is 10.0 Å². The molecule has 1 fully saturated rings. The average molecular weight is 273 g/mol. The third-order valence-corrected chi connectivity index (χ3v) is 5.07. The lowest BCUT2D eigenvalue weighted by Crippen LogP contribution is -2.64. The third-order valence-electron chi connectivity index (χ3n) is 3.63. The molecule has 2 atom stereocenters. The highest BCUT2D eigenvalue weighted by Crippen LogP contribution is 2.39. The van der Waals surface area contributed by atoms with E-state index in [1.54, 1.807) is 0 Å². The van der Waals surface area contributed by atoms with Crippen LogP contribution in [0.15, 0.2) is 23.4 Å². The van der Waals surface area contributed by atoms with E-state index in [4.69, 9.17) is 5.73 Å². The summed E-state index contributed by atoms with van der Waals surface area (Å²) in [5, 5.41) is 0. The quantitative estimate of drug-likeness (QED) is 0.845. The Morgan fingerprint density at radius 1 is 1.50 bits per heavy atom. The predicted octanol–water partition coefficient (Wildman–Crippen LogP) is 0.625. The summed E-state index contributed by atoms with van der Waals surface area (Å²) in [6.07, 6.45) is 2.66. The molecule has 0 radical (unpaired) electrons. The maximum absolute atomic E-state index is 13.0. The number of nitrogens with zero attached hydrogens (tertiary/aromatic N) is 1. The smallest absolute Gasteiger partial charge is 0.242 e. The summed E-state index contributed by atoms with van der Waals surface area (Å²) in [4.78, 5) is 3.37. The van der Waals surface area contributed by atoms with Gasteiger partial charge in [0, 0.05) is 18.3 Å². The fourth-order valence-corrected chi connectivity index (χ4v) is 3.33. The first-order chi connectivity index (χ1) is 8.23. The summed E-state index contributed by atoms with van der Waals surface area (Å²) >= 11 is 0. The molecule has 1 aliphatic carbocycles. The van der Waals surface area contributed by atoms with Crippen LogP contribution in [-0.2, 0) is 10.0 Å². The molecule has 3 N–H and O–H groups in total. The number of aromatic nitrogens is 1. The molecule has 2 rings (SSSR count). The van der Waals surface area contributed by atoms with Gasteiger partial charge in [-0.25, -0.2) is 17.5 Å². The molecule has 18 heavy (non-hydrogen) atoms. The Morgan fingerprint density at radius 2 is 2.17 bits per heavy atom. The van der Waals surface area contributed by atoms with E-state index in [1.165, 1.54) is 0 Å². The number of sulfonamides is 1. The molecule has 0 aliphatic heterocycles. The lowest BCUT2D eigenvalue weighted by Gasteiger charge is -2.50. The molecule has 2 unspecified atom stereocenters. The Hall–Kier alpha value is -1.05. The van der Waals surface area contributed by atoms with Gasteiger partial charge in [0.15, 0.2) is 0 Å². The highest BCUT2D eigenvalue weighted by atomic mass is 32.2. The van der Waals surface area contributed by atoms with Crippen molar-refractivity contribution in [3.63, 3.8) is 0 Å². The normalized spacial score (nSPS) is 26.7. The molecule has 0 amide bonds. The van der Waals surface area contributed by atoms with Gasteiger partial charge in [-0.3, -0.25) is 4.98 Å². The third kappa shape index (κ3) is 2.25. The Morgan fingerprint density at radius 3 is 2.67 bits per heavy atom. The van der Waals surface area contributed by atoms with Gasteiger partial charge >= 0.3 is 0 Å². The van der Waals surface area contributed by atoms with Crippen LogP contribution < -0.4 is 10.5 Å². The van der Waals surface area contributed by atoms with Crippen molar-refractivity contribution in [1.29, 1.82) is 0 Å². The summed E-state index contributed by atoms with van der Waals surface area (Å²) in [5.74, 6) is -0.678. The summed E-state index contributed by atoms with van der Waals surface area (Å²) in [7, 11) is -3.75. The minimum absolute atomic E-state index is 0.0316.